The van der Waals surface area contributed by atoms with Crippen LogP contribution in [0.15, 0.2) is 48.0 Å². The average molecular weight is 402 g/mol. The first kappa shape index (κ1) is 19.1. The highest BCUT2D eigenvalue weighted by Crippen LogP contribution is 2.28. The van der Waals surface area contributed by atoms with Crippen LogP contribution in [0.1, 0.15) is 5.56 Å². The van der Waals surface area contributed by atoms with Gasteiger partial charge in [-0.3, -0.25) is 25.0 Å². The standard InChI is InChI=1S/C18H12ClN3O6/c1-28-15-7-6-13(22(26)27)8-10(15)9-14-16(23)20-18(25)21(17(14)24)12-4-2-11(19)3-5-12/h2-9H,1H3,(H,20,23,25)/b14-9+. The van der Waals surface area contributed by atoms with Gasteiger partial charge in [-0.2, -0.15) is 0 Å². The zero-order chi connectivity index (χ0) is 20.4. The van der Waals surface area contributed by atoms with E-state index in [1.807, 2.05) is 0 Å². The molecule has 0 atom stereocenters. The SMILES string of the molecule is COc1ccc([N+](=O)[O-])cc1/C=C1\C(=O)NC(=O)N(c2ccc(Cl)cc2)C1=O. The molecule has 0 bridgehead atoms. The predicted molar refractivity (Wildman–Crippen MR) is 100 cm³/mol. The van der Waals surface area contributed by atoms with Gasteiger partial charge in [0.2, 0.25) is 0 Å². The Labute approximate surface area is 163 Å². The van der Waals surface area contributed by atoms with Crippen molar-refractivity contribution in [3.63, 3.8) is 0 Å². The third-order valence-electron chi connectivity index (χ3n) is 3.91. The van der Waals surface area contributed by atoms with Gasteiger partial charge in [-0.05, 0) is 36.4 Å². The Kier molecular flexibility index (Phi) is 5.10. The van der Waals surface area contributed by atoms with E-state index in [1.165, 1.54) is 43.5 Å². The molecule has 142 valence electrons. The second kappa shape index (κ2) is 7.49. The van der Waals surface area contributed by atoms with Crippen LogP contribution in [-0.4, -0.2) is 29.9 Å². The third-order valence-corrected chi connectivity index (χ3v) is 4.16. The van der Waals surface area contributed by atoms with Crippen LogP contribution in [0, 0.1) is 10.1 Å². The van der Waals surface area contributed by atoms with E-state index < -0.39 is 22.8 Å². The number of nitro benzene ring substituents is 1. The molecule has 1 fully saturated rings. The summed E-state index contributed by atoms with van der Waals surface area (Å²) < 4.78 is 5.13. The molecule has 0 spiro atoms. The average Bonchev–Trinajstić information content (AvgIpc) is 2.66. The smallest absolute Gasteiger partial charge is 0.335 e. The summed E-state index contributed by atoms with van der Waals surface area (Å²) in [5.41, 5.74) is -0.285. The minimum atomic E-state index is -0.922. The van der Waals surface area contributed by atoms with Crippen molar-refractivity contribution < 1.29 is 24.0 Å². The normalized spacial score (nSPS) is 15.6. The van der Waals surface area contributed by atoms with Crippen LogP contribution in [0.3, 0.4) is 0 Å². The third kappa shape index (κ3) is 3.55. The zero-order valence-electron chi connectivity index (χ0n) is 14.3. The molecule has 28 heavy (non-hydrogen) atoms. The van der Waals surface area contributed by atoms with Crippen LogP contribution in [0.4, 0.5) is 16.2 Å². The summed E-state index contributed by atoms with van der Waals surface area (Å²) in [5.74, 6) is -1.59. The van der Waals surface area contributed by atoms with E-state index in [1.54, 1.807) is 0 Å². The number of imide groups is 2. The number of urea groups is 1. The van der Waals surface area contributed by atoms with Crippen molar-refractivity contribution in [3.05, 3.63) is 68.7 Å². The molecule has 1 aliphatic rings. The molecule has 4 amide bonds. The maximum absolute atomic E-state index is 12.8. The second-order valence-electron chi connectivity index (χ2n) is 5.62. The van der Waals surface area contributed by atoms with Crippen molar-refractivity contribution in [3.8, 4) is 5.75 Å². The topological polar surface area (TPSA) is 119 Å². The number of anilines is 1. The van der Waals surface area contributed by atoms with Crippen molar-refractivity contribution in [1.82, 2.24) is 5.32 Å². The molecule has 1 aliphatic heterocycles. The lowest BCUT2D eigenvalue weighted by atomic mass is 10.1. The predicted octanol–water partition coefficient (Wildman–Crippen LogP) is 2.92. The molecule has 1 N–H and O–H groups in total. The quantitative estimate of drug-likeness (QED) is 0.364. The van der Waals surface area contributed by atoms with Gasteiger partial charge in [0, 0.05) is 22.7 Å². The highest BCUT2D eigenvalue weighted by Gasteiger charge is 2.37. The van der Waals surface area contributed by atoms with Crippen LogP contribution >= 0.6 is 11.6 Å². The van der Waals surface area contributed by atoms with E-state index in [4.69, 9.17) is 16.3 Å². The molecular weight excluding hydrogens is 390 g/mol. The minimum Gasteiger partial charge on any atom is -0.496 e. The van der Waals surface area contributed by atoms with Gasteiger partial charge in [0.05, 0.1) is 17.7 Å². The minimum absolute atomic E-state index is 0.139. The lowest BCUT2D eigenvalue weighted by Crippen LogP contribution is -2.54. The van der Waals surface area contributed by atoms with Gasteiger partial charge in [-0.25, -0.2) is 9.69 Å². The van der Waals surface area contributed by atoms with Crippen molar-refractivity contribution in [2.45, 2.75) is 0 Å². The number of carbonyl (C=O) groups is 3. The Bertz CT molecular complexity index is 1030. The van der Waals surface area contributed by atoms with Crippen molar-refractivity contribution >= 4 is 46.9 Å². The Balaban J connectivity index is 2.08. The monoisotopic (exact) mass is 401 g/mol. The van der Waals surface area contributed by atoms with E-state index in [2.05, 4.69) is 5.32 Å². The summed E-state index contributed by atoms with van der Waals surface area (Å²) >= 11 is 5.82. The molecule has 10 heteroatoms. The summed E-state index contributed by atoms with van der Waals surface area (Å²) in [6.45, 7) is 0. The Morgan fingerprint density at radius 1 is 1.14 bits per heavy atom. The number of amides is 4. The summed E-state index contributed by atoms with van der Waals surface area (Å²) in [6, 6.07) is 8.69. The summed E-state index contributed by atoms with van der Waals surface area (Å²) in [6.07, 6.45) is 1.14. The number of nitrogens with zero attached hydrogens (tertiary/aromatic N) is 2. The van der Waals surface area contributed by atoms with E-state index >= 15 is 0 Å². The van der Waals surface area contributed by atoms with E-state index in [0.29, 0.717) is 5.02 Å². The number of ether oxygens (including phenoxy) is 1. The molecule has 2 aromatic carbocycles. The van der Waals surface area contributed by atoms with Gasteiger partial charge < -0.3 is 4.74 Å². The number of barbiturate groups is 1. The number of nitrogens with one attached hydrogen (secondary N) is 1. The van der Waals surface area contributed by atoms with Crippen LogP contribution in [0.2, 0.25) is 5.02 Å². The molecule has 1 saturated heterocycles. The Morgan fingerprint density at radius 3 is 2.43 bits per heavy atom. The van der Waals surface area contributed by atoms with Crippen molar-refractivity contribution in [2.75, 3.05) is 12.0 Å². The fraction of sp³-hybridized carbons (Fsp3) is 0.0556. The number of carbonyl (C=O) groups excluding carboxylic acids is 3. The second-order valence-corrected chi connectivity index (χ2v) is 6.05. The van der Waals surface area contributed by atoms with Gasteiger partial charge in [0.1, 0.15) is 11.3 Å². The molecule has 9 nitrogen and oxygen atoms in total. The maximum atomic E-state index is 12.8. The number of methoxy groups -OCH3 is 1. The molecule has 0 aliphatic carbocycles. The molecular formula is C18H12ClN3O6. The molecule has 0 radical (unpaired) electrons. The molecule has 0 aromatic heterocycles. The molecule has 3 rings (SSSR count). The van der Waals surface area contributed by atoms with Crippen molar-refractivity contribution in [1.29, 1.82) is 0 Å². The lowest BCUT2D eigenvalue weighted by Gasteiger charge is -2.26. The highest BCUT2D eigenvalue weighted by atomic mass is 35.5. The van der Waals surface area contributed by atoms with Crippen LogP contribution in [0.5, 0.6) is 5.75 Å². The Hall–Kier alpha value is -3.72. The fourth-order valence-corrected chi connectivity index (χ4v) is 2.71. The van der Waals surface area contributed by atoms with Gasteiger partial charge in [0.25, 0.3) is 17.5 Å². The largest absolute Gasteiger partial charge is 0.496 e. The van der Waals surface area contributed by atoms with E-state index in [9.17, 15) is 24.5 Å². The lowest BCUT2D eigenvalue weighted by molar-refractivity contribution is -0.384. The van der Waals surface area contributed by atoms with Gasteiger partial charge in [-0.1, -0.05) is 11.6 Å². The summed E-state index contributed by atoms with van der Waals surface area (Å²) in [4.78, 5) is 48.4. The number of halogens is 1. The fourth-order valence-electron chi connectivity index (χ4n) is 2.59. The molecule has 0 unspecified atom stereocenters. The van der Waals surface area contributed by atoms with Crippen LogP contribution in [0.25, 0.3) is 6.08 Å². The molecule has 2 aromatic rings. The van der Waals surface area contributed by atoms with E-state index in [-0.39, 0.29) is 28.3 Å². The molecule has 1 heterocycles. The van der Waals surface area contributed by atoms with Crippen molar-refractivity contribution in [2.24, 2.45) is 0 Å². The summed E-state index contributed by atoms with van der Waals surface area (Å²) in [7, 11) is 1.34. The first-order valence-electron chi connectivity index (χ1n) is 7.81. The summed E-state index contributed by atoms with van der Waals surface area (Å²) in [5, 5.41) is 13.5. The Morgan fingerprint density at radius 2 is 1.82 bits per heavy atom. The number of non-ortho nitro benzene ring substituents is 1. The van der Waals surface area contributed by atoms with Gasteiger partial charge in [-0.15, -0.1) is 0 Å². The first-order chi connectivity index (χ1) is 13.3. The number of hydrogen-bond acceptors (Lipinski definition) is 6. The van der Waals surface area contributed by atoms with Gasteiger partial charge in [0.15, 0.2) is 0 Å². The number of benzene rings is 2. The number of nitro groups is 1. The van der Waals surface area contributed by atoms with E-state index in [0.717, 1.165) is 17.0 Å². The zero-order valence-corrected chi connectivity index (χ0v) is 15.1. The highest BCUT2D eigenvalue weighted by molar-refractivity contribution is 6.39. The number of rotatable bonds is 4. The van der Waals surface area contributed by atoms with Gasteiger partial charge >= 0.3 is 6.03 Å². The van der Waals surface area contributed by atoms with Crippen LogP contribution in [-0.2, 0) is 9.59 Å². The molecule has 0 saturated carbocycles. The maximum Gasteiger partial charge on any atom is 0.335 e. The number of hydrogen-bond donors (Lipinski definition) is 1. The van der Waals surface area contributed by atoms with Crippen LogP contribution < -0.4 is 15.0 Å². The first-order valence-corrected chi connectivity index (χ1v) is 8.19.